The largest absolute Gasteiger partial charge is 0.379 e. The van der Waals surface area contributed by atoms with E-state index in [4.69, 9.17) is 0 Å². The van der Waals surface area contributed by atoms with Crippen LogP contribution in [0.3, 0.4) is 0 Å². The minimum absolute atomic E-state index is 0.145. The van der Waals surface area contributed by atoms with Gasteiger partial charge in [0.25, 0.3) is 5.69 Å². The summed E-state index contributed by atoms with van der Waals surface area (Å²) in [6, 6.07) is 5.16. The Morgan fingerprint density at radius 3 is 2.84 bits per heavy atom. The van der Waals surface area contributed by atoms with Crippen molar-refractivity contribution in [2.75, 3.05) is 5.32 Å². The summed E-state index contributed by atoms with van der Waals surface area (Å²) >= 11 is 0. The zero-order chi connectivity index (χ0) is 13.8. The first kappa shape index (κ1) is 13.0. The molecule has 1 aromatic heterocycles. The van der Waals surface area contributed by atoms with Crippen LogP contribution in [0.5, 0.6) is 0 Å². The summed E-state index contributed by atoms with van der Waals surface area (Å²) < 4.78 is 1.61. The van der Waals surface area contributed by atoms with Crippen molar-refractivity contribution in [2.24, 2.45) is 7.05 Å². The van der Waals surface area contributed by atoms with Crippen LogP contribution in [-0.2, 0) is 20.0 Å². The molecular weight excluding hydrogens is 246 g/mol. The maximum atomic E-state index is 11.0. The molecular formula is C12H15N5O2. The normalized spacial score (nSPS) is 10.4. The molecule has 2 rings (SSSR count). The summed E-state index contributed by atoms with van der Waals surface area (Å²) in [5.41, 5.74) is 2.36. The van der Waals surface area contributed by atoms with Gasteiger partial charge in [-0.25, -0.2) is 0 Å². The minimum atomic E-state index is -0.355. The third-order valence-corrected chi connectivity index (χ3v) is 2.79. The van der Waals surface area contributed by atoms with E-state index in [0.29, 0.717) is 18.7 Å². The smallest absolute Gasteiger partial charge is 0.274 e. The predicted molar refractivity (Wildman–Crippen MR) is 70.8 cm³/mol. The minimum Gasteiger partial charge on any atom is -0.379 e. The highest BCUT2D eigenvalue weighted by Crippen LogP contribution is 2.23. The first-order chi connectivity index (χ1) is 9.10. The fourth-order valence-electron chi connectivity index (χ4n) is 1.81. The Morgan fingerprint density at radius 1 is 1.47 bits per heavy atom. The number of aryl methyl sites for hydroxylation is 2. The summed E-state index contributed by atoms with van der Waals surface area (Å²) in [7, 11) is 1.79. The molecule has 0 unspecified atom stereocenters. The van der Waals surface area contributed by atoms with Crippen molar-refractivity contribution in [3.8, 4) is 0 Å². The van der Waals surface area contributed by atoms with E-state index in [-0.39, 0.29) is 10.6 Å². The molecule has 0 aliphatic rings. The lowest BCUT2D eigenvalue weighted by atomic mass is 10.1. The number of hydrogen-bond acceptors (Lipinski definition) is 5. The fourth-order valence-corrected chi connectivity index (χ4v) is 1.81. The summed E-state index contributed by atoms with van der Waals surface area (Å²) in [6.45, 7) is 2.38. The average Bonchev–Trinajstić information content (AvgIpc) is 2.81. The fraction of sp³-hybridized carbons (Fsp3) is 0.333. The number of nitro benzene ring substituents is 1. The molecule has 7 nitrogen and oxygen atoms in total. The maximum absolute atomic E-state index is 11.0. The highest BCUT2D eigenvalue weighted by molar-refractivity contribution is 5.55. The summed E-state index contributed by atoms with van der Waals surface area (Å²) in [5.74, 6) is 0. The van der Waals surface area contributed by atoms with E-state index in [1.54, 1.807) is 30.1 Å². The van der Waals surface area contributed by atoms with Crippen molar-refractivity contribution in [3.63, 3.8) is 0 Å². The molecule has 1 N–H and O–H groups in total. The van der Waals surface area contributed by atoms with Gasteiger partial charge in [-0.1, -0.05) is 18.2 Å². The van der Waals surface area contributed by atoms with Crippen LogP contribution in [-0.4, -0.2) is 19.9 Å². The zero-order valence-corrected chi connectivity index (χ0v) is 10.8. The highest BCUT2D eigenvalue weighted by Gasteiger charge is 2.12. The number of anilines is 1. The van der Waals surface area contributed by atoms with Crippen LogP contribution in [0.1, 0.15) is 18.2 Å². The molecule has 100 valence electrons. The predicted octanol–water partition coefficient (Wildman–Crippen LogP) is 1.90. The number of rotatable bonds is 5. The van der Waals surface area contributed by atoms with Gasteiger partial charge in [0, 0.05) is 30.6 Å². The third-order valence-electron chi connectivity index (χ3n) is 2.79. The maximum Gasteiger partial charge on any atom is 0.274 e. The highest BCUT2D eigenvalue weighted by atomic mass is 16.6. The third kappa shape index (κ3) is 3.06. The van der Waals surface area contributed by atoms with E-state index in [2.05, 4.69) is 15.6 Å². The lowest BCUT2D eigenvalue weighted by molar-refractivity contribution is -0.385. The average molecular weight is 261 g/mol. The molecule has 0 saturated carbocycles. The van der Waals surface area contributed by atoms with Crippen molar-refractivity contribution in [3.05, 3.63) is 45.8 Å². The molecule has 7 heteroatoms. The van der Waals surface area contributed by atoms with Crippen LogP contribution < -0.4 is 5.32 Å². The van der Waals surface area contributed by atoms with Gasteiger partial charge in [0.2, 0.25) is 0 Å². The van der Waals surface area contributed by atoms with E-state index in [1.165, 1.54) is 0 Å². The van der Waals surface area contributed by atoms with E-state index in [9.17, 15) is 10.1 Å². The van der Waals surface area contributed by atoms with Gasteiger partial charge >= 0.3 is 0 Å². The number of nitrogens with zero attached hydrogens (tertiary/aromatic N) is 4. The van der Waals surface area contributed by atoms with E-state index in [0.717, 1.165) is 11.3 Å². The number of nitro groups is 1. The lowest BCUT2D eigenvalue weighted by Gasteiger charge is -2.06. The first-order valence-electron chi connectivity index (χ1n) is 5.96. The van der Waals surface area contributed by atoms with Gasteiger partial charge in [-0.3, -0.25) is 14.8 Å². The van der Waals surface area contributed by atoms with Crippen molar-refractivity contribution in [1.29, 1.82) is 0 Å². The quantitative estimate of drug-likeness (QED) is 0.656. The SMILES string of the molecule is CCc1ccc(NCc2cn(C)nn2)cc1[N+](=O)[O-]. The standard InChI is InChI=1S/C12H15N5O2/c1-3-9-4-5-10(6-12(9)17(18)19)13-7-11-8-16(2)15-14-11/h4-6,8,13H,3,7H2,1-2H3. The van der Waals surface area contributed by atoms with Crippen molar-refractivity contribution in [1.82, 2.24) is 15.0 Å². The number of hydrogen-bond donors (Lipinski definition) is 1. The summed E-state index contributed by atoms with van der Waals surface area (Å²) in [4.78, 5) is 10.6. The first-order valence-corrected chi connectivity index (χ1v) is 5.96. The molecule has 0 aliphatic heterocycles. The number of aromatic nitrogens is 3. The second-order valence-electron chi connectivity index (χ2n) is 4.19. The van der Waals surface area contributed by atoms with Crippen molar-refractivity contribution >= 4 is 11.4 Å². The topological polar surface area (TPSA) is 85.9 Å². The number of benzene rings is 1. The molecule has 0 aliphatic carbocycles. The molecule has 2 aromatic rings. The van der Waals surface area contributed by atoms with Gasteiger partial charge in [0.15, 0.2) is 0 Å². The van der Waals surface area contributed by atoms with E-state index >= 15 is 0 Å². The molecule has 19 heavy (non-hydrogen) atoms. The lowest BCUT2D eigenvalue weighted by Crippen LogP contribution is -2.02. The summed E-state index contributed by atoms with van der Waals surface area (Å²) in [6.07, 6.45) is 2.43. The molecule has 0 fully saturated rings. The molecule has 0 radical (unpaired) electrons. The number of nitrogens with one attached hydrogen (secondary N) is 1. The zero-order valence-electron chi connectivity index (χ0n) is 10.8. The Kier molecular flexibility index (Phi) is 3.74. The monoisotopic (exact) mass is 261 g/mol. The van der Waals surface area contributed by atoms with E-state index in [1.807, 2.05) is 13.0 Å². The molecule has 0 spiro atoms. The van der Waals surface area contributed by atoms with Crippen LogP contribution in [0, 0.1) is 10.1 Å². The van der Waals surface area contributed by atoms with Gasteiger partial charge in [0.05, 0.1) is 11.5 Å². The summed E-state index contributed by atoms with van der Waals surface area (Å²) in [5, 5.41) is 21.8. The Morgan fingerprint density at radius 2 is 2.26 bits per heavy atom. The molecule has 0 atom stereocenters. The molecule has 0 amide bonds. The van der Waals surface area contributed by atoms with Crippen LogP contribution in [0.4, 0.5) is 11.4 Å². The molecule has 0 bridgehead atoms. The molecule has 1 aromatic carbocycles. The van der Waals surface area contributed by atoms with Gasteiger partial charge in [-0.15, -0.1) is 5.10 Å². The Labute approximate surface area is 110 Å². The van der Waals surface area contributed by atoms with Crippen molar-refractivity contribution in [2.45, 2.75) is 19.9 Å². The second-order valence-corrected chi connectivity index (χ2v) is 4.19. The van der Waals surface area contributed by atoms with Crippen LogP contribution >= 0.6 is 0 Å². The Hall–Kier alpha value is -2.44. The van der Waals surface area contributed by atoms with E-state index < -0.39 is 0 Å². The molecule has 1 heterocycles. The Balaban J connectivity index is 2.12. The molecule has 0 saturated heterocycles. The van der Waals surface area contributed by atoms with Gasteiger partial charge in [0.1, 0.15) is 5.69 Å². The van der Waals surface area contributed by atoms with Gasteiger partial charge in [-0.2, -0.15) is 0 Å². The second kappa shape index (κ2) is 5.47. The van der Waals surface area contributed by atoms with Gasteiger partial charge in [-0.05, 0) is 12.5 Å². The Bertz CT molecular complexity index is 594. The van der Waals surface area contributed by atoms with Gasteiger partial charge < -0.3 is 5.32 Å². The van der Waals surface area contributed by atoms with Crippen LogP contribution in [0.15, 0.2) is 24.4 Å². The van der Waals surface area contributed by atoms with Crippen LogP contribution in [0.2, 0.25) is 0 Å². The van der Waals surface area contributed by atoms with Crippen molar-refractivity contribution < 1.29 is 4.92 Å². The van der Waals surface area contributed by atoms with Crippen LogP contribution in [0.25, 0.3) is 0 Å².